The lowest BCUT2D eigenvalue weighted by molar-refractivity contribution is 0.242. The number of hydrogen-bond acceptors (Lipinski definition) is 6. The second-order valence-electron chi connectivity index (χ2n) is 4.15. The topological polar surface area (TPSA) is 59.9 Å². The Labute approximate surface area is 110 Å². The van der Waals surface area contributed by atoms with Crippen molar-refractivity contribution in [2.45, 2.75) is 26.4 Å². The van der Waals surface area contributed by atoms with Crippen molar-refractivity contribution in [1.82, 2.24) is 14.8 Å². The minimum Gasteiger partial charge on any atom is -0.491 e. The smallest absolute Gasteiger partial charge is 0.225 e. The van der Waals surface area contributed by atoms with Gasteiger partial charge in [-0.2, -0.15) is 0 Å². The fourth-order valence-electron chi connectivity index (χ4n) is 1.52. The molecule has 5 nitrogen and oxygen atoms in total. The Morgan fingerprint density at radius 2 is 2.06 bits per heavy atom. The van der Waals surface area contributed by atoms with E-state index in [0.29, 0.717) is 0 Å². The number of aromatic nitrogens is 3. The number of hydrogen-bond donors (Lipinski definition) is 1. The van der Waals surface area contributed by atoms with E-state index in [9.17, 15) is 0 Å². The molecule has 1 aromatic carbocycles. The molecule has 6 heteroatoms. The molecule has 2 rings (SSSR count). The van der Waals surface area contributed by atoms with E-state index in [-0.39, 0.29) is 6.10 Å². The zero-order chi connectivity index (χ0) is 12.8. The van der Waals surface area contributed by atoms with Crippen LogP contribution in [-0.2, 0) is 6.42 Å². The fraction of sp³-hybridized carbons (Fsp3) is 0.417. The largest absolute Gasteiger partial charge is 0.491 e. The summed E-state index contributed by atoms with van der Waals surface area (Å²) in [7, 11) is 0. The summed E-state index contributed by atoms with van der Waals surface area (Å²) in [6.45, 7) is 4.86. The van der Waals surface area contributed by atoms with Gasteiger partial charge in [-0.3, -0.25) is 0 Å². The molecule has 1 heterocycles. The van der Waals surface area contributed by atoms with Gasteiger partial charge < -0.3 is 10.1 Å². The van der Waals surface area contributed by atoms with Crippen molar-refractivity contribution in [2.75, 3.05) is 11.9 Å². The molecule has 0 aliphatic heterocycles. The van der Waals surface area contributed by atoms with E-state index in [4.69, 9.17) is 4.74 Å². The molecule has 0 fully saturated rings. The number of anilines is 1. The van der Waals surface area contributed by atoms with Gasteiger partial charge in [-0.05, 0) is 43.2 Å². The van der Waals surface area contributed by atoms with E-state index < -0.39 is 0 Å². The van der Waals surface area contributed by atoms with Crippen LogP contribution >= 0.6 is 11.5 Å². The summed E-state index contributed by atoms with van der Waals surface area (Å²) < 4.78 is 9.28. The molecule has 0 amide bonds. The zero-order valence-corrected chi connectivity index (χ0v) is 11.3. The first-order chi connectivity index (χ1) is 8.74. The number of nitrogens with one attached hydrogen (secondary N) is 1. The maximum atomic E-state index is 5.59. The number of benzene rings is 1. The predicted octanol–water partition coefficient (Wildman–Crippen LogP) is 2.37. The molecule has 0 bridgehead atoms. The Morgan fingerprint density at radius 3 is 2.67 bits per heavy atom. The minimum atomic E-state index is 0.211. The van der Waals surface area contributed by atoms with E-state index in [1.165, 1.54) is 17.1 Å². The molecule has 0 aliphatic rings. The van der Waals surface area contributed by atoms with Crippen LogP contribution < -0.4 is 10.1 Å². The standard InChI is InChI=1S/C12H16N4OS/c1-9(2)17-11-5-3-10(4-6-11)7-8-13-12-14-15-16-18-12/h3-6,9H,7-8H2,1-2H3,(H,13,14,16). The van der Waals surface area contributed by atoms with Crippen molar-refractivity contribution < 1.29 is 4.74 Å². The molecule has 2 aromatic rings. The van der Waals surface area contributed by atoms with Crippen LogP contribution in [0.2, 0.25) is 0 Å². The molecule has 0 radical (unpaired) electrons. The Morgan fingerprint density at radius 1 is 1.28 bits per heavy atom. The highest BCUT2D eigenvalue weighted by Crippen LogP contribution is 2.14. The van der Waals surface area contributed by atoms with Gasteiger partial charge in [0, 0.05) is 18.1 Å². The van der Waals surface area contributed by atoms with E-state index in [2.05, 4.69) is 32.2 Å². The molecule has 18 heavy (non-hydrogen) atoms. The summed E-state index contributed by atoms with van der Waals surface area (Å²) in [5.41, 5.74) is 1.26. The van der Waals surface area contributed by atoms with Crippen molar-refractivity contribution in [3.05, 3.63) is 29.8 Å². The lowest BCUT2D eigenvalue weighted by atomic mass is 10.1. The highest BCUT2D eigenvalue weighted by molar-refractivity contribution is 7.09. The van der Waals surface area contributed by atoms with Gasteiger partial charge in [0.1, 0.15) is 5.75 Å². The third-order valence-electron chi connectivity index (χ3n) is 2.28. The maximum Gasteiger partial charge on any atom is 0.225 e. The van der Waals surface area contributed by atoms with Crippen LogP contribution in [0.5, 0.6) is 5.75 Å². The van der Waals surface area contributed by atoms with Crippen LogP contribution in [0, 0.1) is 0 Å². The molecule has 0 aliphatic carbocycles. The zero-order valence-electron chi connectivity index (χ0n) is 10.5. The first kappa shape index (κ1) is 12.8. The summed E-state index contributed by atoms with van der Waals surface area (Å²) in [6, 6.07) is 8.17. The molecule has 0 atom stereocenters. The quantitative estimate of drug-likeness (QED) is 0.868. The van der Waals surface area contributed by atoms with Crippen LogP contribution in [0.4, 0.5) is 5.13 Å². The maximum absolute atomic E-state index is 5.59. The molecular weight excluding hydrogens is 248 g/mol. The van der Waals surface area contributed by atoms with Crippen molar-refractivity contribution in [1.29, 1.82) is 0 Å². The Balaban J connectivity index is 1.79. The van der Waals surface area contributed by atoms with Crippen molar-refractivity contribution in [2.24, 2.45) is 0 Å². The van der Waals surface area contributed by atoms with E-state index in [1.54, 1.807) is 0 Å². The van der Waals surface area contributed by atoms with Gasteiger partial charge in [-0.1, -0.05) is 21.7 Å². The van der Waals surface area contributed by atoms with Crippen LogP contribution in [0.25, 0.3) is 0 Å². The van der Waals surface area contributed by atoms with Gasteiger partial charge >= 0.3 is 0 Å². The Kier molecular flexibility index (Phi) is 4.46. The lowest BCUT2D eigenvalue weighted by Gasteiger charge is -2.10. The third kappa shape index (κ3) is 3.96. The number of rotatable bonds is 6. The van der Waals surface area contributed by atoms with E-state index >= 15 is 0 Å². The monoisotopic (exact) mass is 264 g/mol. The van der Waals surface area contributed by atoms with Gasteiger partial charge in [0.25, 0.3) is 0 Å². The molecular formula is C12H16N4OS. The van der Waals surface area contributed by atoms with Gasteiger partial charge in [0.15, 0.2) is 0 Å². The summed E-state index contributed by atoms with van der Waals surface area (Å²) in [5, 5.41) is 11.3. The van der Waals surface area contributed by atoms with Crippen LogP contribution in [-0.4, -0.2) is 27.4 Å². The second-order valence-corrected chi connectivity index (χ2v) is 4.89. The normalized spacial score (nSPS) is 10.6. The van der Waals surface area contributed by atoms with Gasteiger partial charge in [-0.15, -0.1) is 0 Å². The van der Waals surface area contributed by atoms with Crippen molar-refractivity contribution in [3.63, 3.8) is 0 Å². The third-order valence-corrected chi connectivity index (χ3v) is 2.84. The summed E-state index contributed by atoms with van der Waals surface area (Å²) in [5.74, 6) is 0.912. The Hall–Kier alpha value is -1.69. The molecule has 0 spiro atoms. The highest BCUT2D eigenvalue weighted by atomic mass is 32.1. The van der Waals surface area contributed by atoms with Crippen LogP contribution in [0.1, 0.15) is 19.4 Å². The van der Waals surface area contributed by atoms with E-state index in [1.807, 2.05) is 26.0 Å². The second kappa shape index (κ2) is 6.30. The molecule has 0 saturated carbocycles. The first-order valence-electron chi connectivity index (χ1n) is 5.88. The summed E-state index contributed by atoms with van der Waals surface area (Å²) in [6.07, 6.45) is 1.14. The van der Waals surface area contributed by atoms with E-state index in [0.717, 1.165) is 23.8 Å². The van der Waals surface area contributed by atoms with Crippen LogP contribution in [0.3, 0.4) is 0 Å². The summed E-state index contributed by atoms with van der Waals surface area (Å²) >= 11 is 1.26. The molecule has 0 unspecified atom stereocenters. The fourth-order valence-corrected chi connectivity index (χ4v) is 1.91. The lowest BCUT2D eigenvalue weighted by Crippen LogP contribution is -2.06. The number of nitrogens with zero attached hydrogens (tertiary/aromatic N) is 3. The molecule has 96 valence electrons. The first-order valence-corrected chi connectivity index (χ1v) is 6.66. The van der Waals surface area contributed by atoms with Gasteiger partial charge in [0.2, 0.25) is 5.13 Å². The van der Waals surface area contributed by atoms with Gasteiger partial charge in [-0.25, -0.2) is 0 Å². The predicted molar refractivity (Wildman–Crippen MR) is 72.1 cm³/mol. The Bertz CT molecular complexity index is 455. The SMILES string of the molecule is CC(C)Oc1ccc(CCNc2nnns2)cc1. The minimum absolute atomic E-state index is 0.211. The van der Waals surface area contributed by atoms with Gasteiger partial charge in [0.05, 0.1) is 6.10 Å². The average Bonchev–Trinajstić information content (AvgIpc) is 2.84. The highest BCUT2D eigenvalue weighted by Gasteiger charge is 1.99. The molecule has 0 saturated heterocycles. The number of ether oxygens (including phenoxy) is 1. The average molecular weight is 264 g/mol. The van der Waals surface area contributed by atoms with Crippen molar-refractivity contribution >= 4 is 16.7 Å². The van der Waals surface area contributed by atoms with Crippen LogP contribution in [0.15, 0.2) is 24.3 Å². The molecule has 1 N–H and O–H groups in total. The van der Waals surface area contributed by atoms with Crippen molar-refractivity contribution in [3.8, 4) is 5.75 Å². The summed E-state index contributed by atoms with van der Waals surface area (Å²) in [4.78, 5) is 0. The molecule has 1 aromatic heterocycles.